The minimum absolute atomic E-state index is 0. The molecule has 21 heavy (non-hydrogen) atoms. The number of halogens is 2. The summed E-state index contributed by atoms with van der Waals surface area (Å²) in [4.78, 5) is 14.1. The molecule has 1 amide bonds. The van der Waals surface area contributed by atoms with Gasteiger partial charge in [0.25, 0.3) is 5.91 Å². The largest absolute Gasteiger partial charge is 0.340 e. The van der Waals surface area contributed by atoms with E-state index in [1.807, 2.05) is 25.2 Å². The Morgan fingerprint density at radius 3 is 2.81 bits per heavy atom. The second-order valence-electron chi connectivity index (χ2n) is 4.47. The second kappa shape index (κ2) is 8.02. The highest BCUT2D eigenvalue weighted by Crippen LogP contribution is 2.28. The molecule has 5 nitrogen and oxygen atoms in total. The Balaban J connectivity index is 0.00000220. The number of rotatable bonds is 5. The summed E-state index contributed by atoms with van der Waals surface area (Å²) in [5.74, 6) is -0.0797. The van der Waals surface area contributed by atoms with Crippen molar-refractivity contribution in [1.29, 1.82) is 0 Å². The Bertz CT molecular complexity index is 600. The number of carbonyl (C=O) groups is 1. The topological polar surface area (TPSA) is 61.0 Å². The third-order valence-corrected chi connectivity index (χ3v) is 3.39. The smallest absolute Gasteiger partial charge is 0.257 e. The van der Waals surface area contributed by atoms with Crippen molar-refractivity contribution in [2.24, 2.45) is 0 Å². The Labute approximate surface area is 135 Å². The fourth-order valence-electron chi connectivity index (χ4n) is 1.90. The molecule has 1 aromatic carbocycles. The summed E-state index contributed by atoms with van der Waals surface area (Å²) < 4.78 is 0. The zero-order valence-corrected chi connectivity index (χ0v) is 13.5. The van der Waals surface area contributed by atoms with Crippen LogP contribution in [0.4, 0.5) is 0 Å². The lowest BCUT2D eigenvalue weighted by atomic mass is 10.1. The van der Waals surface area contributed by atoms with Crippen LogP contribution in [0, 0.1) is 0 Å². The van der Waals surface area contributed by atoms with E-state index in [0.717, 1.165) is 12.1 Å². The quantitative estimate of drug-likeness (QED) is 0.886. The van der Waals surface area contributed by atoms with Crippen LogP contribution >= 0.6 is 24.0 Å². The Morgan fingerprint density at radius 1 is 1.43 bits per heavy atom. The van der Waals surface area contributed by atoms with Crippen molar-refractivity contribution < 1.29 is 4.79 Å². The predicted molar refractivity (Wildman–Crippen MR) is 87.2 cm³/mol. The summed E-state index contributed by atoms with van der Waals surface area (Å²) in [6.45, 7) is 1.37. The lowest BCUT2D eigenvalue weighted by Crippen LogP contribution is -2.32. The number of benzene rings is 1. The van der Waals surface area contributed by atoms with Crippen LogP contribution < -0.4 is 5.32 Å². The first kappa shape index (κ1) is 17.5. The average molecular weight is 329 g/mol. The number of carbonyl (C=O) groups excluding carboxylic acids is 1. The number of H-pyrrole nitrogens is 1. The fourth-order valence-corrected chi connectivity index (χ4v) is 2.13. The van der Waals surface area contributed by atoms with Gasteiger partial charge in [-0.3, -0.25) is 9.89 Å². The Morgan fingerprint density at radius 2 is 2.14 bits per heavy atom. The van der Waals surface area contributed by atoms with Gasteiger partial charge in [0.2, 0.25) is 0 Å². The van der Waals surface area contributed by atoms with Gasteiger partial charge in [0.15, 0.2) is 0 Å². The van der Waals surface area contributed by atoms with E-state index >= 15 is 0 Å². The maximum Gasteiger partial charge on any atom is 0.257 e. The molecule has 2 rings (SSSR count). The molecular formula is C14H18Cl2N4O. The van der Waals surface area contributed by atoms with Crippen LogP contribution in [0.1, 0.15) is 10.4 Å². The lowest BCUT2D eigenvalue weighted by molar-refractivity contribution is 0.0797. The van der Waals surface area contributed by atoms with Crippen molar-refractivity contribution in [3.05, 3.63) is 41.0 Å². The van der Waals surface area contributed by atoms with E-state index in [4.69, 9.17) is 11.6 Å². The number of aromatic amines is 1. The van der Waals surface area contributed by atoms with Gasteiger partial charge >= 0.3 is 0 Å². The molecule has 0 bridgehead atoms. The molecule has 2 aromatic rings. The van der Waals surface area contributed by atoms with Gasteiger partial charge in [-0.25, -0.2) is 0 Å². The molecule has 0 aliphatic carbocycles. The first-order chi connectivity index (χ1) is 9.65. The standard InChI is InChI=1S/C14H17ClN4O.ClH/c1-16-7-8-19(2)14(20)11-9-17-18-13(11)10-5-3-4-6-12(10)15;/h3-6,9,16H,7-8H2,1-2H3,(H,17,18);1H. The summed E-state index contributed by atoms with van der Waals surface area (Å²) in [5.41, 5.74) is 1.95. The maximum absolute atomic E-state index is 12.4. The molecule has 0 spiro atoms. The minimum Gasteiger partial charge on any atom is -0.340 e. The highest BCUT2D eigenvalue weighted by molar-refractivity contribution is 6.33. The van der Waals surface area contributed by atoms with Crippen LogP contribution in [-0.4, -0.2) is 48.2 Å². The molecule has 0 atom stereocenters. The van der Waals surface area contributed by atoms with Gasteiger partial charge in [-0.2, -0.15) is 5.10 Å². The summed E-state index contributed by atoms with van der Waals surface area (Å²) in [7, 11) is 3.62. The van der Waals surface area contributed by atoms with Crippen molar-refractivity contribution in [3.63, 3.8) is 0 Å². The van der Waals surface area contributed by atoms with E-state index in [9.17, 15) is 4.79 Å². The normalized spacial score (nSPS) is 10.0. The van der Waals surface area contributed by atoms with E-state index in [2.05, 4.69) is 15.5 Å². The number of aromatic nitrogens is 2. The molecule has 0 radical (unpaired) electrons. The second-order valence-corrected chi connectivity index (χ2v) is 4.88. The fraction of sp³-hybridized carbons (Fsp3) is 0.286. The van der Waals surface area contributed by atoms with Crippen molar-refractivity contribution in [2.45, 2.75) is 0 Å². The average Bonchev–Trinajstić information content (AvgIpc) is 2.93. The first-order valence-electron chi connectivity index (χ1n) is 6.33. The van der Waals surface area contributed by atoms with Crippen LogP contribution in [0.15, 0.2) is 30.5 Å². The van der Waals surface area contributed by atoms with Crippen molar-refractivity contribution in [2.75, 3.05) is 27.2 Å². The molecular weight excluding hydrogens is 311 g/mol. The van der Waals surface area contributed by atoms with Crippen molar-refractivity contribution in [3.8, 4) is 11.3 Å². The minimum atomic E-state index is -0.0797. The molecule has 0 saturated heterocycles. The van der Waals surface area contributed by atoms with Crippen LogP contribution in [0.2, 0.25) is 5.02 Å². The number of amides is 1. The van der Waals surface area contributed by atoms with E-state index in [0.29, 0.717) is 22.8 Å². The molecule has 0 unspecified atom stereocenters. The van der Waals surface area contributed by atoms with Gasteiger partial charge in [-0.1, -0.05) is 29.8 Å². The maximum atomic E-state index is 12.4. The monoisotopic (exact) mass is 328 g/mol. The SMILES string of the molecule is CNCCN(C)C(=O)c1cn[nH]c1-c1ccccc1Cl.Cl. The van der Waals surface area contributed by atoms with Crippen LogP contribution in [0.3, 0.4) is 0 Å². The molecule has 0 aliphatic heterocycles. The zero-order chi connectivity index (χ0) is 14.5. The van der Waals surface area contributed by atoms with Gasteiger partial charge in [0, 0.05) is 30.7 Å². The van der Waals surface area contributed by atoms with E-state index in [1.54, 1.807) is 18.0 Å². The van der Waals surface area contributed by atoms with E-state index in [1.165, 1.54) is 6.20 Å². The van der Waals surface area contributed by atoms with Gasteiger partial charge in [-0.05, 0) is 13.1 Å². The van der Waals surface area contributed by atoms with Gasteiger partial charge in [0.05, 0.1) is 17.5 Å². The van der Waals surface area contributed by atoms with Gasteiger partial charge < -0.3 is 10.2 Å². The number of nitrogens with zero attached hydrogens (tertiary/aromatic N) is 2. The van der Waals surface area contributed by atoms with Crippen LogP contribution in [-0.2, 0) is 0 Å². The van der Waals surface area contributed by atoms with Crippen molar-refractivity contribution in [1.82, 2.24) is 20.4 Å². The molecule has 0 saturated carbocycles. The molecule has 2 N–H and O–H groups in total. The first-order valence-corrected chi connectivity index (χ1v) is 6.71. The highest BCUT2D eigenvalue weighted by Gasteiger charge is 2.19. The molecule has 1 aromatic heterocycles. The molecule has 0 aliphatic rings. The number of hydrogen-bond acceptors (Lipinski definition) is 3. The van der Waals surface area contributed by atoms with Crippen LogP contribution in [0.5, 0.6) is 0 Å². The Kier molecular flexibility index (Phi) is 6.68. The lowest BCUT2D eigenvalue weighted by Gasteiger charge is -2.17. The summed E-state index contributed by atoms with van der Waals surface area (Å²) in [5, 5.41) is 10.4. The van der Waals surface area contributed by atoms with Crippen LogP contribution in [0.25, 0.3) is 11.3 Å². The summed E-state index contributed by atoms with van der Waals surface area (Å²) in [6.07, 6.45) is 1.54. The number of hydrogen-bond donors (Lipinski definition) is 2. The third-order valence-electron chi connectivity index (χ3n) is 3.06. The molecule has 1 heterocycles. The number of nitrogens with one attached hydrogen (secondary N) is 2. The number of likely N-dealkylation sites (N-methyl/N-ethyl adjacent to an activating group) is 2. The molecule has 0 fully saturated rings. The Hall–Kier alpha value is -1.56. The van der Waals surface area contributed by atoms with Crippen molar-refractivity contribution >= 4 is 29.9 Å². The highest BCUT2D eigenvalue weighted by atomic mass is 35.5. The predicted octanol–water partition coefficient (Wildman–Crippen LogP) is 2.44. The van der Waals surface area contributed by atoms with Gasteiger partial charge in [0.1, 0.15) is 0 Å². The zero-order valence-electron chi connectivity index (χ0n) is 11.9. The van der Waals surface area contributed by atoms with Gasteiger partial charge in [-0.15, -0.1) is 12.4 Å². The molecule has 7 heteroatoms. The summed E-state index contributed by atoms with van der Waals surface area (Å²) in [6, 6.07) is 7.38. The van der Waals surface area contributed by atoms with E-state index in [-0.39, 0.29) is 18.3 Å². The third kappa shape index (κ3) is 3.97. The van der Waals surface area contributed by atoms with E-state index < -0.39 is 0 Å². The molecule has 114 valence electrons. The summed E-state index contributed by atoms with van der Waals surface area (Å²) >= 11 is 6.17.